The lowest BCUT2D eigenvalue weighted by Gasteiger charge is -2.10. The van der Waals surface area contributed by atoms with Crippen LogP contribution in [0.4, 0.5) is 5.82 Å². The van der Waals surface area contributed by atoms with Crippen LogP contribution in [0.2, 0.25) is 0 Å². The molecule has 0 aliphatic heterocycles. The van der Waals surface area contributed by atoms with Crippen LogP contribution in [0.1, 0.15) is 11.1 Å². The summed E-state index contributed by atoms with van der Waals surface area (Å²) < 4.78 is 27.5. The van der Waals surface area contributed by atoms with E-state index < -0.39 is 10.0 Å². The van der Waals surface area contributed by atoms with Gasteiger partial charge >= 0.3 is 0 Å². The minimum absolute atomic E-state index is 0.0383. The van der Waals surface area contributed by atoms with Gasteiger partial charge in [-0.15, -0.1) is 0 Å². The zero-order valence-electron chi connectivity index (χ0n) is 10.7. The molecule has 8 heteroatoms. The molecule has 0 saturated carbocycles. The van der Waals surface area contributed by atoms with Crippen molar-refractivity contribution in [2.75, 3.05) is 5.73 Å². The minimum Gasteiger partial charge on any atom is -0.383 e. The molecular weight excluding hydrogens is 344 g/mol. The Morgan fingerprint density at radius 3 is 2.85 bits per heavy atom. The molecule has 2 aromatic heterocycles. The molecule has 3 N–H and O–H groups in total. The van der Waals surface area contributed by atoms with E-state index in [1.54, 1.807) is 12.4 Å². The predicted molar refractivity (Wildman–Crippen MR) is 79.3 cm³/mol. The molecule has 0 aromatic carbocycles. The first-order valence-corrected chi connectivity index (χ1v) is 7.98. The Hall–Kier alpha value is -1.51. The molecule has 0 amide bonds. The average molecular weight is 357 g/mol. The zero-order valence-corrected chi connectivity index (χ0v) is 13.1. The summed E-state index contributed by atoms with van der Waals surface area (Å²) in [5.74, 6) is -0.0383. The lowest BCUT2D eigenvalue weighted by atomic mass is 10.2. The fourth-order valence-electron chi connectivity index (χ4n) is 1.58. The van der Waals surface area contributed by atoms with E-state index in [1.165, 1.54) is 12.3 Å². The highest BCUT2D eigenvalue weighted by atomic mass is 79.9. The van der Waals surface area contributed by atoms with Crippen LogP contribution in [-0.2, 0) is 16.6 Å². The van der Waals surface area contributed by atoms with Crippen LogP contribution in [0.25, 0.3) is 0 Å². The number of pyridine rings is 2. The van der Waals surface area contributed by atoms with E-state index in [4.69, 9.17) is 5.73 Å². The molecule has 0 bridgehead atoms. The van der Waals surface area contributed by atoms with Crippen LogP contribution in [0.3, 0.4) is 0 Å². The van der Waals surface area contributed by atoms with Crippen molar-refractivity contribution in [3.8, 4) is 0 Å². The predicted octanol–water partition coefficient (Wildman–Crippen LogP) is 1.61. The summed E-state index contributed by atoms with van der Waals surface area (Å²) in [5.41, 5.74) is 7.38. The van der Waals surface area contributed by atoms with Gasteiger partial charge in [0.15, 0.2) is 0 Å². The Morgan fingerprint density at radius 2 is 2.15 bits per heavy atom. The standard InChI is InChI=1S/C12H13BrN4O2S/c1-8-2-3-15-5-9(8)6-17-20(18,19)11-4-10(13)7-16-12(11)14/h2-5,7,17H,6H2,1H3,(H2,14,16). The van der Waals surface area contributed by atoms with E-state index in [-0.39, 0.29) is 17.3 Å². The number of rotatable bonds is 4. The number of anilines is 1. The molecule has 2 heterocycles. The summed E-state index contributed by atoms with van der Waals surface area (Å²) in [5, 5.41) is 0. The van der Waals surface area contributed by atoms with Crippen LogP contribution in [0.5, 0.6) is 0 Å². The maximum Gasteiger partial charge on any atom is 0.244 e. The monoisotopic (exact) mass is 356 g/mol. The molecule has 2 aromatic rings. The van der Waals surface area contributed by atoms with Crippen molar-refractivity contribution in [3.63, 3.8) is 0 Å². The van der Waals surface area contributed by atoms with Gasteiger partial charge in [-0.2, -0.15) is 0 Å². The van der Waals surface area contributed by atoms with E-state index in [0.29, 0.717) is 4.47 Å². The van der Waals surface area contributed by atoms with Gasteiger partial charge in [0.05, 0.1) is 0 Å². The number of nitrogens with one attached hydrogen (secondary N) is 1. The highest BCUT2D eigenvalue weighted by Gasteiger charge is 2.18. The SMILES string of the molecule is Cc1ccncc1CNS(=O)(=O)c1cc(Br)cnc1N. The zero-order chi connectivity index (χ0) is 14.8. The van der Waals surface area contributed by atoms with Gasteiger partial charge in [-0.1, -0.05) is 0 Å². The van der Waals surface area contributed by atoms with Crippen LogP contribution in [0, 0.1) is 6.92 Å². The third-order valence-electron chi connectivity index (χ3n) is 2.74. The van der Waals surface area contributed by atoms with Crippen molar-refractivity contribution >= 4 is 31.8 Å². The molecule has 106 valence electrons. The van der Waals surface area contributed by atoms with E-state index >= 15 is 0 Å². The van der Waals surface area contributed by atoms with Crippen molar-refractivity contribution in [2.24, 2.45) is 0 Å². The highest BCUT2D eigenvalue weighted by Crippen LogP contribution is 2.20. The maximum absolute atomic E-state index is 12.2. The maximum atomic E-state index is 12.2. The molecule has 0 radical (unpaired) electrons. The lowest BCUT2D eigenvalue weighted by Crippen LogP contribution is -2.25. The summed E-state index contributed by atoms with van der Waals surface area (Å²) in [4.78, 5) is 7.74. The number of nitrogens with two attached hydrogens (primary N) is 1. The van der Waals surface area contributed by atoms with Crippen molar-refractivity contribution in [1.82, 2.24) is 14.7 Å². The number of sulfonamides is 1. The van der Waals surface area contributed by atoms with Crippen LogP contribution >= 0.6 is 15.9 Å². The molecule has 0 saturated heterocycles. The third kappa shape index (κ3) is 3.33. The van der Waals surface area contributed by atoms with Crippen molar-refractivity contribution < 1.29 is 8.42 Å². The molecule has 0 unspecified atom stereocenters. The molecule has 6 nitrogen and oxygen atoms in total. The van der Waals surface area contributed by atoms with Gasteiger partial charge in [0.2, 0.25) is 10.0 Å². The minimum atomic E-state index is -3.72. The summed E-state index contributed by atoms with van der Waals surface area (Å²) in [6.07, 6.45) is 4.73. The van der Waals surface area contributed by atoms with Crippen molar-refractivity contribution in [3.05, 3.63) is 46.3 Å². The van der Waals surface area contributed by atoms with Crippen LogP contribution < -0.4 is 10.5 Å². The van der Waals surface area contributed by atoms with Gasteiger partial charge in [-0.25, -0.2) is 18.1 Å². The summed E-state index contributed by atoms with van der Waals surface area (Å²) in [7, 11) is -3.72. The number of nitrogens with zero attached hydrogens (tertiary/aromatic N) is 2. The molecular formula is C12H13BrN4O2S. The van der Waals surface area contributed by atoms with Gasteiger partial charge < -0.3 is 5.73 Å². The number of hydrogen-bond donors (Lipinski definition) is 2. The van der Waals surface area contributed by atoms with Crippen molar-refractivity contribution in [1.29, 1.82) is 0 Å². The first kappa shape index (κ1) is 14.9. The molecule has 0 fully saturated rings. The van der Waals surface area contributed by atoms with Crippen molar-refractivity contribution in [2.45, 2.75) is 18.4 Å². The molecule has 0 aliphatic rings. The molecule has 20 heavy (non-hydrogen) atoms. The van der Waals surface area contributed by atoms with Crippen LogP contribution in [0.15, 0.2) is 40.1 Å². The second-order valence-corrected chi connectivity index (χ2v) is 6.81. The first-order chi connectivity index (χ1) is 9.40. The summed E-state index contributed by atoms with van der Waals surface area (Å²) >= 11 is 3.18. The smallest absolute Gasteiger partial charge is 0.244 e. The third-order valence-corrected chi connectivity index (χ3v) is 4.60. The molecule has 0 spiro atoms. The van der Waals surface area contributed by atoms with E-state index in [9.17, 15) is 8.42 Å². The van der Waals surface area contributed by atoms with Crippen LogP contribution in [-0.4, -0.2) is 18.4 Å². The molecule has 2 rings (SSSR count). The molecule has 0 atom stereocenters. The second kappa shape index (κ2) is 5.86. The van der Waals surface area contributed by atoms with E-state index in [0.717, 1.165) is 11.1 Å². The number of nitrogen functional groups attached to an aromatic ring is 1. The summed E-state index contributed by atoms with van der Waals surface area (Å²) in [6.45, 7) is 2.04. The Kier molecular flexibility index (Phi) is 4.36. The lowest BCUT2D eigenvalue weighted by molar-refractivity contribution is 0.581. The second-order valence-electron chi connectivity index (χ2n) is 4.16. The Bertz CT molecular complexity index is 734. The average Bonchev–Trinajstić information content (AvgIpc) is 2.40. The number of halogens is 1. The first-order valence-electron chi connectivity index (χ1n) is 5.70. The number of aryl methyl sites for hydroxylation is 1. The summed E-state index contributed by atoms with van der Waals surface area (Å²) in [6, 6.07) is 3.24. The fourth-order valence-corrected chi connectivity index (χ4v) is 3.17. The van der Waals surface area contributed by atoms with Gasteiger partial charge in [-0.05, 0) is 46.1 Å². The Balaban J connectivity index is 2.24. The largest absolute Gasteiger partial charge is 0.383 e. The normalized spacial score (nSPS) is 11.5. The van der Waals surface area contributed by atoms with E-state index in [1.807, 2.05) is 13.0 Å². The molecule has 0 aliphatic carbocycles. The Labute approximate surface area is 125 Å². The number of aromatic nitrogens is 2. The van der Waals surface area contributed by atoms with Gasteiger partial charge in [0.25, 0.3) is 0 Å². The quantitative estimate of drug-likeness (QED) is 0.866. The van der Waals surface area contributed by atoms with Gasteiger partial charge in [-0.3, -0.25) is 4.98 Å². The highest BCUT2D eigenvalue weighted by molar-refractivity contribution is 9.10. The Morgan fingerprint density at radius 1 is 1.40 bits per heavy atom. The van der Waals surface area contributed by atoms with Gasteiger partial charge in [0, 0.05) is 29.6 Å². The number of hydrogen-bond acceptors (Lipinski definition) is 5. The fraction of sp³-hybridized carbons (Fsp3) is 0.167. The van der Waals surface area contributed by atoms with Gasteiger partial charge in [0.1, 0.15) is 10.7 Å². The topological polar surface area (TPSA) is 98.0 Å². The van der Waals surface area contributed by atoms with E-state index in [2.05, 4.69) is 30.6 Å².